The van der Waals surface area contributed by atoms with E-state index < -0.39 is 0 Å². The normalized spacial score (nSPS) is 12.1. The van der Waals surface area contributed by atoms with Crippen LogP contribution in [0.1, 0.15) is 0 Å². The molecule has 48 heavy (non-hydrogen) atoms. The van der Waals surface area contributed by atoms with E-state index in [2.05, 4.69) is 132 Å². The molecule has 0 aliphatic carbocycles. The van der Waals surface area contributed by atoms with Gasteiger partial charge in [-0.15, -0.1) is 10.2 Å². The lowest BCUT2D eigenvalue weighted by molar-refractivity contribution is 0.879. The van der Waals surface area contributed by atoms with E-state index in [0.29, 0.717) is 0 Å². The molecular weight excluding hydrogens is 587 g/mol. The van der Waals surface area contributed by atoms with Gasteiger partial charge in [0, 0.05) is 38.3 Å². The Balaban J connectivity index is 1.38. The quantitative estimate of drug-likeness (QED) is 0.199. The van der Waals surface area contributed by atoms with Gasteiger partial charge in [0.2, 0.25) is 0 Å². The average Bonchev–Trinajstić information content (AvgIpc) is 3.73. The number of aromatic nitrogens is 3. The van der Waals surface area contributed by atoms with Crippen LogP contribution < -0.4 is 10.7 Å². The molecule has 2 aliphatic heterocycles. The second-order valence-corrected chi connectivity index (χ2v) is 12.1. The van der Waals surface area contributed by atoms with Crippen molar-refractivity contribution < 1.29 is 0 Å². The second kappa shape index (κ2) is 10.5. The van der Waals surface area contributed by atoms with E-state index in [1.54, 1.807) is 0 Å². The first kappa shape index (κ1) is 26.6. The summed E-state index contributed by atoms with van der Waals surface area (Å²) in [6.45, 7) is 0. The third-order valence-electron chi connectivity index (χ3n) is 9.45. The fraction of sp³-hybridized carbons (Fsp3) is 0. The van der Waals surface area contributed by atoms with Crippen molar-refractivity contribution in [2.45, 2.75) is 0 Å². The molecule has 0 atom stereocenters. The van der Waals surface area contributed by atoms with Crippen molar-refractivity contribution in [3.8, 4) is 55.9 Å². The Labute approximate surface area is 275 Å². The van der Waals surface area contributed by atoms with E-state index in [9.17, 15) is 0 Å². The van der Waals surface area contributed by atoms with Gasteiger partial charge in [-0.2, -0.15) is 0 Å². The van der Waals surface area contributed by atoms with Gasteiger partial charge in [0.25, 0.3) is 0 Å². The van der Waals surface area contributed by atoms with Crippen LogP contribution in [0, 0.1) is 10.4 Å². The molecule has 0 N–H and O–H groups in total. The third kappa shape index (κ3) is 3.94. The fourth-order valence-corrected chi connectivity index (χ4v) is 7.35. The standard InChI is InChI=1S/C43H25N5/c1-3-13-27(14-4-1)37-41(28-15-5-2-6-16-28)46-48-47-43(37)38-32(30-20-11-17-26-12-7-8-18-29(26)30)22-24-35-39(38)40-36(44-35)25-23-33-31-19-9-10-21-34(31)45-42(33)40/h1-25H. The molecule has 0 radical (unpaired) electrons. The molecule has 2 aliphatic rings. The summed E-state index contributed by atoms with van der Waals surface area (Å²) in [5, 5.41) is 20.5. The van der Waals surface area contributed by atoms with Gasteiger partial charge in [-0.3, -0.25) is 0 Å². The van der Waals surface area contributed by atoms with Gasteiger partial charge >= 0.3 is 0 Å². The molecule has 222 valence electrons. The Kier molecular flexibility index (Phi) is 5.81. The van der Waals surface area contributed by atoms with Crippen molar-refractivity contribution in [1.29, 1.82) is 0 Å². The number of benzene rings is 7. The molecule has 8 aromatic rings. The van der Waals surface area contributed by atoms with Crippen molar-refractivity contribution in [3.05, 3.63) is 173 Å². The summed E-state index contributed by atoms with van der Waals surface area (Å²) in [5.41, 5.74) is 11.5. The lowest BCUT2D eigenvalue weighted by atomic mass is 9.84. The molecule has 0 fully saturated rings. The van der Waals surface area contributed by atoms with Crippen LogP contribution in [0.15, 0.2) is 162 Å². The smallest absolute Gasteiger partial charge is 0.106 e. The van der Waals surface area contributed by atoms with Gasteiger partial charge in [0.1, 0.15) is 11.4 Å². The highest BCUT2D eigenvalue weighted by Crippen LogP contribution is 2.52. The van der Waals surface area contributed by atoms with E-state index in [0.717, 1.165) is 88.4 Å². The largest absolute Gasteiger partial charge is 0.248 e. The zero-order valence-electron chi connectivity index (χ0n) is 25.7. The van der Waals surface area contributed by atoms with Crippen LogP contribution >= 0.6 is 0 Å². The summed E-state index contributed by atoms with van der Waals surface area (Å²) >= 11 is 0. The van der Waals surface area contributed by atoms with Gasteiger partial charge in [-0.25, -0.2) is 9.98 Å². The molecule has 5 nitrogen and oxygen atoms in total. The number of hydrogen-bond acceptors (Lipinski definition) is 5. The molecule has 0 spiro atoms. The van der Waals surface area contributed by atoms with Crippen LogP contribution in [-0.2, 0) is 0 Å². The molecule has 1 aromatic heterocycles. The number of rotatable bonds is 4. The molecule has 5 heteroatoms. The summed E-state index contributed by atoms with van der Waals surface area (Å²) in [7, 11) is 0. The monoisotopic (exact) mass is 611 g/mol. The van der Waals surface area contributed by atoms with Crippen LogP contribution in [0.25, 0.3) is 66.7 Å². The number of nitrogens with zero attached hydrogens (tertiary/aromatic N) is 5. The van der Waals surface area contributed by atoms with Gasteiger partial charge in [0.05, 0.1) is 22.1 Å². The Morgan fingerprint density at radius 2 is 1.10 bits per heavy atom. The fourth-order valence-electron chi connectivity index (χ4n) is 7.35. The SMILES string of the molecule is c1ccc(-c2nnnc(-c3c(-c4cccc5ccccc45)ccc4c3-c3c5c(ccc3=N4)=c3ccccc3=N5)c2-c2ccccc2)cc1. The van der Waals surface area contributed by atoms with Gasteiger partial charge in [-0.1, -0.05) is 127 Å². The van der Waals surface area contributed by atoms with E-state index >= 15 is 0 Å². The minimum atomic E-state index is 0.756. The van der Waals surface area contributed by atoms with Crippen molar-refractivity contribution in [3.63, 3.8) is 0 Å². The van der Waals surface area contributed by atoms with Crippen molar-refractivity contribution in [2.75, 3.05) is 0 Å². The van der Waals surface area contributed by atoms with Crippen molar-refractivity contribution in [2.24, 2.45) is 9.98 Å². The Morgan fingerprint density at radius 1 is 0.375 bits per heavy atom. The van der Waals surface area contributed by atoms with Crippen molar-refractivity contribution >= 4 is 22.1 Å². The summed E-state index contributed by atoms with van der Waals surface area (Å²) in [5.74, 6) is 0. The van der Waals surface area contributed by atoms with Gasteiger partial charge in [-0.05, 0) is 56.9 Å². The van der Waals surface area contributed by atoms with Crippen LogP contribution in [0.5, 0.6) is 0 Å². The van der Waals surface area contributed by atoms with Crippen LogP contribution in [0.4, 0.5) is 11.4 Å². The number of hydrogen-bond donors (Lipinski definition) is 0. The topological polar surface area (TPSA) is 63.4 Å². The van der Waals surface area contributed by atoms with Gasteiger partial charge in [0.15, 0.2) is 0 Å². The maximum atomic E-state index is 5.21. The van der Waals surface area contributed by atoms with Crippen LogP contribution in [0.3, 0.4) is 0 Å². The highest BCUT2D eigenvalue weighted by Gasteiger charge is 2.30. The first-order valence-corrected chi connectivity index (χ1v) is 16.0. The van der Waals surface area contributed by atoms with Crippen molar-refractivity contribution in [1.82, 2.24) is 15.4 Å². The summed E-state index contributed by atoms with van der Waals surface area (Å²) in [6, 6.07) is 52.6. The average molecular weight is 612 g/mol. The van der Waals surface area contributed by atoms with E-state index in [-0.39, 0.29) is 0 Å². The third-order valence-corrected chi connectivity index (χ3v) is 9.45. The predicted molar refractivity (Wildman–Crippen MR) is 190 cm³/mol. The minimum absolute atomic E-state index is 0.756. The van der Waals surface area contributed by atoms with Crippen LogP contribution in [-0.4, -0.2) is 15.4 Å². The molecule has 7 aromatic carbocycles. The molecule has 3 heterocycles. The second-order valence-electron chi connectivity index (χ2n) is 12.1. The lowest BCUT2D eigenvalue weighted by Crippen LogP contribution is -2.04. The Morgan fingerprint density at radius 3 is 1.98 bits per heavy atom. The zero-order chi connectivity index (χ0) is 31.6. The molecule has 10 rings (SSSR count). The number of fused-ring (bicyclic) bond motifs is 7. The van der Waals surface area contributed by atoms with E-state index in [1.165, 1.54) is 10.8 Å². The number of para-hydroxylation sites is 1. The van der Waals surface area contributed by atoms with E-state index in [1.807, 2.05) is 30.3 Å². The zero-order valence-corrected chi connectivity index (χ0v) is 25.7. The van der Waals surface area contributed by atoms with Gasteiger partial charge < -0.3 is 0 Å². The highest BCUT2D eigenvalue weighted by atomic mass is 15.3. The van der Waals surface area contributed by atoms with E-state index in [4.69, 9.17) is 15.1 Å². The summed E-state index contributed by atoms with van der Waals surface area (Å²) in [4.78, 5) is 10.4. The minimum Gasteiger partial charge on any atom is -0.248 e. The maximum absolute atomic E-state index is 5.21. The molecule has 0 amide bonds. The maximum Gasteiger partial charge on any atom is 0.106 e. The first-order valence-electron chi connectivity index (χ1n) is 16.0. The Hall–Kier alpha value is -6.59. The first-order chi connectivity index (χ1) is 23.8. The molecule has 0 saturated carbocycles. The molecular formula is C43H25N5. The predicted octanol–water partition coefficient (Wildman–Crippen LogP) is 9.18. The Bertz CT molecular complexity index is 2820. The lowest BCUT2D eigenvalue weighted by Gasteiger charge is -2.20. The molecule has 0 unspecified atom stereocenters. The molecule has 0 saturated heterocycles. The highest BCUT2D eigenvalue weighted by molar-refractivity contribution is 6.10. The summed E-state index contributed by atoms with van der Waals surface area (Å²) in [6.07, 6.45) is 0. The summed E-state index contributed by atoms with van der Waals surface area (Å²) < 4.78 is 0. The molecule has 0 bridgehead atoms. The van der Waals surface area contributed by atoms with Crippen LogP contribution in [0.2, 0.25) is 0 Å².